The zero-order valence-electron chi connectivity index (χ0n) is 16.7. The summed E-state index contributed by atoms with van der Waals surface area (Å²) in [5.41, 5.74) is 3.33. The first-order chi connectivity index (χ1) is 14.0. The minimum absolute atomic E-state index is 0.0183. The first-order valence-corrected chi connectivity index (χ1v) is 10.9. The van der Waals surface area contributed by atoms with E-state index in [0.29, 0.717) is 22.6 Å². The number of fused-ring (bicyclic) bond motifs is 1. The van der Waals surface area contributed by atoms with E-state index in [1.54, 1.807) is 10.6 Å². The molecule has 29 heavy (non-hydrogen) atoms. The first-order valence-electron chi connectivity index (χ1n) is 9.87. The van der Waals surface area contributed by atoms with Gasteiger partial charge in [-0.1, -0.05) is 41.6 Å². The van der Waals surface area contributed by atoms with Gasteiger partial charge in [-0.15, -0.1) is 0 Å². The van der Waals surface area contributed by atoms with Crippen LogP contribution in [0.2, 0.25) is 0 Å². The van der Waals surface area contributed by atoms with Gasteiger partial charge in [-0.05, 0) is 50.5 Å². The van der Waals surface area contributed by atoms with Crippen molar-refractivity contribution in [3.05, 3.63) is 69.5 Å². The van der Waals surface area contributed by atoms with E-state index < -0.39 is 0 Å². The summed E-state index contributed by atoms with van der Waals surface area (Å²) in [4.78, 5) is 30.7. The van der Waals surface area contributed by atoms with Gasteiger partial charge in [0.15, 0.2) is 10.9 Å². The maximum atomic E-state index is 13.1. The second-order valence-corrected chi connectivity index (χ2v) is 8.44. The Morgan fingerprint density at radius 1 is 1.24 bits per heavy atom. The highest BCUT2D eigenvalue weighted by Gasteiger charge is 2.21. The highest BCUT2D eigenvalue weighted by molar-refractivity contribution is 7.99. The summed E-state index contributed by atoms with van der Waals surface area (Å²) in [5, 5.41) is 1.17. The standard InChI is InChI=1S/C23H24N2O3S/c1-15-9-10-16(2)19(12-15)21(26)14-29-23-24-20-8-4-3-7-18(20)22(27)25(23)13-17-6-5-11-28-17/h3-4,7-10,12,17H,5-6,11,13-14H2,1-2H3/t17-/m0/s1. The predicted octanol–water partition coefficient (Wildman–Crippen LogP) is 4.17. The molecule has 0 N–H and O–H groups in total. The van der Waals surface area contributed by atoms with Crippen molar-refractivity contribution in [2.75, 3.05) is 12.4 Å². The van der Waals surface area contributed by atoms with Crippen LogP contribution in [0.4, 0.5) is 0 Å². The molecule has 1 aliphatic rings. The molecular weight excluding hydrogens is 384 g/mol. The summed E-state index contributed by atoms with van der Waals surface area (Å²) in [5.74, 6) is 0.280. The van der Waals surface area contributed by atoms with E-state index in [-0.39, 0.29) is 23.2 Å². The van der Waals surface area contributed by atoms with Crippen molar-refractivity contribution in [1.82, 2.24) is 9.55 Å². The Morgan fingerprint density at radius 2 is 2.07 bits per heavy atom. The van der Waals surface area contributed by atoms with E-state index in [2.05, 4.69) is 0 Å². The third-order valence-electron chi connectivity index (χ3n) is 5.26. The van der Waals surface area contributed by atoms with Gasteiger partial charge in [0.05, 0.1) is 29.3 Å². The second-order valence-electron chi connectivity index (χ2n) is 7.49. The summed E-state index contributed by atoms with van der Waals surface area (Å²) < 4.78 is 7.42. The number of carbonyl (C=O) groups is 1. The van der Waals surface area contributed by atoms with Crippen LogP contribution in [0.3, 0.4) is 0 Å². The third kappa shape index (κ3) is 4.28. The highest BCUT2D eigenvalue weighted by Crippen LogP contribution is 2.23. The van der Waals surface area contributed by atoms with Crippen molar-refractivity contribution >= 4 is 28.4 Å². The largest absolute Gasteiger partial charge is 0.376 e. The molecule has 1 saturated heterocycles. The Labute approximate surface area is 174 Å². The molecule has 2 aromatic carbocycles. The number of carbonyl (C=O) groups excluding carboxylic acids is 1. The summed E-state index contributed by atoms with van der Waals surface area (Å²) in [7, 11) is 0. The Hall–Kier alpha value is -2.44. The molecule has 4 rings (SSSR count). The molecule has 1 aliphatic heterocycles. The van der Waals surface area contributed by atoms with E-state index >= 15 is 0 Å². The molecule has 2 heterocycles. The molecule has 0 aliphatic carbocycles. The lowest BCUT2D eigenvalue weighted by atomic mass is 10.0. The first kappa shape index (κ1) is 19.9. The lowest BCUT2D eigenvalue weighted by molar-refractivity contribution is 0.0937. The summed E-state index contributed by atoms with van der Waals surface area (Å²) >= 11 is 1.32. The van der Waals surface area contributed by atoms with E-state index in [0.717, 1.165) is 36.1 Å². The number of Topliss-reactive ketones (excluding diaryl/α,β-unsaturated/α-hetero) is 1. The Morgan fingerprint density at radius 3 is 2.86 bits per heavy atom. The minimum atomic E-state index is -0.0761. The van der Waals surface area contributed by atoms with Gasteiger partial charge in [-0.2, -0.15) is 0 Å². The van der Waals surface area contributed by atoms with Crippen molar-refractivity contribution in [2.45, 2.75) is 44.5 Å². The van der Waals surface area contributed by atoms with Crippen LogP contribution in [0.15, 0.2) is 52.4 Å². The Bertz CT molecular complexity index is 1120. The third-order valence-corrected chi connectivity index (χ3v) is 6.24. The highest BCUT2D eigenvalue weighted by atomic mass is 32.2. The smallest absolute Gasteiger partial charge is 0.262 e. The zero-order chi connectivity index (χ0) is 20.4. The van der Waals surface area contributed by atoms with E-state index in [1.165, 1.54) is 11.8 Å². The number of ketones is 1. The van der Waals surface area contributed by atoms with Crippen LogP contribution in [0, 0.1) is 13.8 Å². The summed E-state index contributed by atoms with van der Waals surface area (Å²) in [6.07, 6.45) is 1.96. The van der Waals surface area contributed by atoms with Gasteiger partial charge < -0.3 is 4.74 Å². The Balaban J connectivity index is 1.65. The van der Waals surface area contributed by atoms with Crippen LogP contribution in [-0.4, -0.2) is 33.8 Å². The number of thioether (sulfide) groups is 1. The number of para-hydroxylation sites is 1. The van der Waals surface area contributed by atoms with Crippen LogP contribution in [-0.2, 0) is 11.3 Å². The van der Waals surface area contributed by atoms with Crippen molar-refractivity contribution in [2.24, 2.45) is 0 Å². The lowest BCUT2D eigenvalue weighted by Crippen LogP contribution is -2.29. The minimum Gasteiger partial charge on any atom is -0.376 e. The number of hydrogen-bond acceptors (Lipinski definition) is 5. The van der Waals surface area contributed by atoms with E-state index in [4.69, 9.17) is 9.72 Å². The van der Waals surface area contributed by atoms with Crippen molar-refractivity contribution in [3.8, 4) is 0 Å². The average molecular weight is 409 g/mol. The SMILES string of the molecule is Cc1ccc(C)c(C(=O)CSc2nc3ccccc3c(=O)n2C[C@@H]2CCCO2)c1. The zero-order valence-corrected chi connectivity index (χ0v) is 17.5. The fraction of sp³-hybridized carbons (Fsp3) is 0.348. The van der Waals surface area contributed by atoms with Crippen molar-refractivity contribution < 1.29 is 9.53 Å². The van der Waals surface area contributed by atoms with Crippen LogP contribution in [0.25, 0.3) is 10.9 Å². The van der Waals surface area contributed by atoms with Crippen LogP contribution >= 0.6 is 11.8 Å². The van der Waals surface area contributed by atoms with Crippen molar-refractivity contribution in [3.63, 3.8) is 0 Å². The van der Waals surface area contributed by atoms with Crippen LogP contribution in [0.1, 0.15) is 34.3 Å². The van der Waals surface area contributed by atoms with Gasteiger partial charge >= 0.3 is 0 Å². The number of hydrogen-bond donors (Lipinski definition) is 0. The molecule has 0 radical (unpaired) electrons. The number of rotatable bonds is 6. The second kappa shape index (κ2) is 8.51. The predicted molar refractivity (Wildman–Crippen MR) is 116 cm³/mol. The van der Waals surface area contributed by atoms with Crippen molar-refractivity contribution in [1.29, 1.82) is 0 Å². The molecule has 1 atom stereocenters. The molecule has 5 nitrogen and oxygen atoms in total. The molecule has 1 aromatic heterocycles. The average Bonchev–Trinajstić information content (AvgIpc) is 3.23. The van der Waals surface area contributed by atoms with Gasteiger partial charge in [0.1, 0.15) is 0 Å². The monoisotopic (exact) mass is 408 g/mol. The van der Waals surface area contributed by atoms with Gasteiger partial charge in [0, 0.05) is 12.2 Å². The molecule has 0 bridgehead atoms. The van der Waals surface area contributed by atoms with Gasteiger partial charge in [-0.3, -0.25) is 14.2 Å². The summed E-state index contributed by atoms with van der Waals surface area (Å²) in [6, 6.07) is 13.2. The lowest BCUT2D eigenvalue weighted by Gasteiger charge is -2.16. The molecule has 0 saturated carbocycles. The molecule has 3 aromatic rings. The topological polar surface area (TPSA) is 61.2 Å². The molecule has 0 spiro atoms. The number of aromatic nitrogens is 2. The number of aryl methyl sites for hydroxylation is 2. The van der Waals surface area contributed by atoms with Gasteiger partial charge in [0.25, 0.3) is 5.56 Å². The van der Waals surface area contributed by atoms with Gasteiger partial charge in [-0.25, -0.2) is 4.98 Å². The molecule has 150 valence electrons. The van der Waals surface area contributed by atoms with Gasteiger partial charge in [0.2, 0.25) is 0 Å². The number of nitrogens with zero attached hydrogens (tertiary/aromatic N) is 2. The normalized spacial score (nSPS) is 16.4. The molecule has 0 unspecified atom stereocenters. The number of ether oxygens (including phenoxy) is 1. The van der Waals surface area contributed by atoms with Crippen LogP contribution in [0.5, 0.6) is 0 Å². The maximum absolute atomic E-state index is 13.1. The van der Waals surface area contributed by atoms with E-state index in [9.17, 15) is 9.59 Å². The fourth-order valence-electron chi connectivity index (χ4n) is 3.65. The van der Waals surface area contributed by atoms with E-state index in [1.807, 2.05) is 50.2 Å². The molecule has 6 heteroatoms. The summed E-state index contributed by atoms with van der Waals surface area (Å²) in [6.45, 7) is 5.12. The molecule has 1 fully saturated rings. The number of benzene rings is 2. The fourth-order valence-corrected chi connectivity index (χ4v) is 4.55. The molecule has 0 amide bonds. The Kier molecular flexibility index (Phi) is 5.83. The maximum Gasteiger partial charge on any atom is 0.262 e. The molecular formula is C23H24N2O3S. The quantitative estimate of drug-likeness (QED) is 0.348. The van der Waals surface area contributed by atoms with Crippen LogP contribution < -0.4 is 5.56 Å².